The van der Waals surface area contributed by atoms with Gasteiger partial charge in [0.1, 0.15) is 0 Å². The van der Waals surface area contributed by atoms with Crippen molar-refractivity contribution in [3.63, 3.8) is 0 Å². The summed E-state index contributed by atoms with van der Waals surface area (Å²) in [6.45, 7) is 15.5. The highest BCUT2D eigenvalue weighted by Crippen LogP contribution is 2.21. The molecule has 0 atom stereocenters. The van der Waals surface area contributed by atoms with Gasteiger partial charge in [-0.05, 0) is 56.4 Å². The molecule has 0 fully saturated rings. The van der Waals surface area contributed by atoms with E-state index in [4.69, 9.17) is 0 Å². The molecule has 126 valence electrons. The number of aryl methyl sites for hydroxylation is 2. The number of nitrogens with zero attached hydrogens (tertiary/aromatic N) is 2. The second-order valence-electron chi connectivity index (χ2n) is 6.83. The van der Waals surface area contributed by atoms with Gasteiger partial charge in [0, 0.05) is 31.5 Å². The van der Waals surface area contributed by atoms with E-state index in [1.54, 1.807) is 0 Å². The molecule has 0 unspecified atom stereocenters. The summed E-state index contributed by atoms with van der Waals surface area (Å²) >= 11 is 0. The fourth-order valence-electron chi connectivity index (χ4n) is 3.36. The maximum Gasteiger partial charge on any atom is 0.0577 e. The van der Waals surface area contributed by atoms with E-state index in [9.17, 15) is 0 Å². The Labute approximate surface area is 142 Å². The van der Waals surface area contributed by atoms with Crippen LogP contribution in [0.1, 0.15) is 50.3 Å². The van der Waals surface area contributed by atoms with Crippen molar-refractivity contribution in [2.24, 2.45) is 0 Å². The van der Waals surface area contributed by atoms with E-state index < -0.39 is 0 Å². The van der Waals surface area contributed by atoms with Crippen LogP contribution in [0.25, 0.3) is 0 Å². The fraction of sp³-hybridized carbons (Fsp3) is 0.524. The highest BCUT2D eigenvalue weighted by molar-refractivity contribution is 5.32. The van der Waals surface area contributed by atoms with Gasteiger partial charge < -0.3 is 9.80 Å². The fourth-order valence-corrected chi connectivity index (χ4v) is 3.36. The number of rotatable bonds is 7. The molecule has 0 amide bonds. The van der Waals surface area contributed by atoms with Gasteiger partial charge >= 0.3 is 0 Å². The normalized spacial score (nSPS) is 14.6. The van der Waals surface area contributed by atoms with Crippen molar-refractivity contribution < 1.29 is 0 Å². The molecule has 1 heterocycles. The maximum atomic E-state index is 2.56. The molecule has 2 nitrogen and oxygen atoms in total. The van der Waals surface area contributed by atoms with Crippen LogP contribution in [0.3, 0.4) is 0 Å². The van der Waals surface area contributed by atoms with Crippen molar-refractivity contribution >= 4 is 0 Å². The average molecular weight is 313 g/mol. The lowest BCUT2D eigenvalue weighted by molar-refractivity contribution is 0.286. The summed E-state index contributed by atoms with van der Waals surface area (Å²) in [6.07, 6.45) is 7.08. The van der Waals surface area contributed by atoms with Crippen molar-refractivity contribution in [1.82, 2.24) is 9.80 Å². The minimum Gasteiger partial charge on any atom is -0.373 e. The first-order valence-corrected chi connectivity index (χ1v) is 8.97. The van der Waals surface area contributed by atoms with Crippen molar-refractivity contribution in [1.29, 1.82) is 0 Å². The number of benzene rings is 1. The van der Waals surface area contributed by atoms with Gasteiger partial charge in [0.05, 0.1) is 6.54 Å². The largest absolute Gasteiger partial charge is 0.373 e. The second-order valence-corrected chi connectivity index (χ2v) is 6.83. The van der Waals surface area contributed by atoms with Gasteiger partial charge in [-0.15, -0.1) is 0 Å². The van der Waals surface area contributed by atoms with E-state index in [0.29, 0.717) is 0 Å². The summed E-state index contributed by atoms with van der Waals surface area (Å²) in [5, 5.41) is 0. The molecular formula is C21H32N2. The van der Waals surface area contributed by atoms with Gasteiger partial charge in [0.25, 0.3) is 0 Å². The van der Waals surface area contributed by atoms with Crippen LogP contribution in [0, 0.1) is 13.8 Å². The summed E-state index contributed by atoms with van der Waals surface area (Å²) in [5.41, 5.74) is 6.99. The number of hydrogen-bond acceptors (Lipinski definition) is 2. The molecule has 0 aromatic heterocycles. The molecule has 0 radical (unpaired) electrons. The second kappa shape index (κ2) is 8.24. The molecule has 0 spiro atoms. The Bertz CT molecular complexity index is 578. The molecule has 23 heavy (non-hydrogen) atoms. The van der Waals surface area contributed by atoms with Crippen LogP contribution in [-0.2, 0) is 6.54 Å². The Morgan fingerprint density at radius 3 is 2.35 bits per heavy atom. The van der Waals surface area contributed by atoms with E-state index in [-0.39, 0.29) is 0 Å². The Hall–Kier alpha value is -1.70. The van der Waals surface area contributed by atoms with Crippen LogP contribution in [0.4, 0.5) is 0 Å². The van der Waals surface area contributed by atoms with Gasteiger partial charge in [-0.25, -0.2) is 0 Å². The number of allylic oxidation sites excluding steroid dienone is 2. The third-order valence-electron chi connectivity index (χ3n) is 4.41. The smallest absolute Gasteiger partial charge is 0.0577 e. The molecule has 1 aromatic carbocycles. The minimum atomic E-state index is 0.993. The molecule has 0 saturated carbocycles. The molecule has 0 N–H and O–H groups in total. The van der Waals surface area contributed by atoms with E-state index >= 15 is 0 Å². The Kier molecular flexibility index (Phi) is 6.32. The molecule has 1 aromatic rings. The van der Waals surface area contributed by atoms with Gasteiger partial charge in [-0.2, -0.15) is 0 Å². The van der Waals surface area contributed by atoms with Crippen molar-refractivity contribution in [2.75, 3.05) is 19.6 Å². The summed E-state index contributed by atoms with van der Waals surface area (Å²) in [5.74, 6) is 0. The molecule has 2 heteroatoms. The van der Waals surface area contributed by atoms with Crippen LogP contribution < -0.4 is 0 Å². The lowest BCUT2D eigenvalue weighted by Gasteiger charge is -2.34. The number of hydrogen-bond donors (Lipinski definition) is 0. The highest BCUT2D eigenvalue weighted by atomic mass is 15.2. The van der Waals surface area contributed by atoms with Crippen molar-refractivity contribution in [2.45, 2.75) is 54.0 Å². The van der Waals surface area contributed by atoms with E-state index in [0.717, 1.165) is 26.2 Å². The standard InChI is InChI=1S/C21H32N2/c1-6-10-23(11-7-2)21-13-18(4)14-22(16-21)15-20-9-8-17(3)12-19(20)5/h8-9,12-14H,6-7,10-11,15-16H2,1-5H3. The van der Waals surface area contributed by atoms with Crippen LogP contribution in [0.2, 0.25) is 0 Å². The first-order valence-electron chi connectivity index (χ1n) is 8.97. The zero-order chi connectivity index (χ0) is 16.8. The predicted molar refractivity (Wildman–Crippen MR) is 100 cm³/mol. The van der Waals surface area contributed by atoms with Crippen molar-refractivity contribution in [3.8, 4) is 0 Å². The minimum absolute atomic E-state index is 0.993. The first kappa shape index (κ1) is 17.7. The quantitative estimate of drug-likeness (QED) is 0.697. The lowest BCUT2D eigenvalue weighted by Crippen LogP contribution is -2.34. The highest BCUT2D eigenvalue weighted by Gasteiger charge is 2.16. The first-order chi connectivity index (χ1) is 11.0. The van der Waals surface area contributed by atoms with Gasteiger partial charge in [-0.3, -0.25) is 0 Å². The zero-order valence-corrected chi connectivity index (χ0v) is 15.5. The van der Waals surface area contributed by atoms with Crippen LogP contribution in [-0.4, -0.2) is 29.4 Å². The summed E-state index contributed by atoms with van der Waals surface area (Å²) in [7, 11) is 0. The van der Waals surface area contributed by atoms with Gasteiger partial charge in [0.2, 0.25) is 0 Å². The average Bonchev–Trinajstić information content (AvgIpc) is 2.49. The third-order valence-corrected chi connectivity index (χ3v) is 4.41. The van der Waals surface area contributed by atoms with Crippen LogP contribution >= 0.6 is 0 Å². The van der Waals surface area contributed by atoms with Crippen molar-refractivity contribution in [3.05, 3.63) is 58.4 Å². The molecule has 1 aliphatic rings. The topological polar surface area (TPSA) is 6.48 Å². The predicted octanol–water partition coefficient (Wildman–Crippen LogP) is 5.03. The molecule has 0 bridgehead atoms. The Balaban J connectivity index is 2.12. The van der Waals surface area contributed by atoms with Crippen LogP contribution in [0.15, 0.2) is 41.7 Å². The van der Waals surface area contributed by atoms with Gasteiger partial charge in [0.15, 0.2) is 0 Å². The summed E-state index contributed by atoms with van der Waals surface area (Å²) in [6, 6.07) is 6.79. The molecular weight excluding hydrogens is 280 g/mol. The molecule has 0 saturated heterocycles. The van der Waals surface area contributed by atoms with E-state index in [2.05, 4.69) is 74.9 Å². The molecule has 1 aliphatic heterocycles. The summed E-state index contributed by atoms with van der Waals surface area (Å²) < 4.78 is 0. The van der Waals surface area contributed by atoms with Gasteiger partial charge in [-0.1, -0.05) is 37.6 Å². The third kappa shape index (κ3) is 4.89. The Morgan fingerprint density at radius 1 is 1.04 bits per heavy atom. The zero-order valence-electron chi connectivity index (χ0n) is 15.5. The Morgan fingerprint density at radius 2 is 1.74 bits per heavy atom. The summed E-state index contributed by atoms with van der Waals surface area (Å²) in [4.78, 5) is 5.02. The molecule has 0 aliphatic carbocycles. The monoisotopic (exact) mass is 312 g/mol. The maximum absolute atomic E-state index is 2.56. The van der Waals surface area contributed by atoms with Crippen LogP contribution in [0.5, 0.6) is 0 Å². The van der Waals surface area contributed by atoms with E-state index in [1.807, 2.05) is 0 Å². The molecule has 2 rings (SSSR count). The lowest BCUT2D eigenvalue weighted by atomic mass is 10.0. The SMILES string of the molecule is CCCN(CCC)C1=CC(C)=CN(Cc2ccc(C)cc2C)C1. The van der Waals surface area contributed by atoms with E-state index in [1.165, 1.54) is 40.8 Å².